The van der Waals surface area contributed by atoms with Crippen LogP contribution in [-0.4, -0.2) is 38.6 Å². The zero-order chi connectivity index (χ0) is 12.6. The Balaban J connectivity index is 2.38. The highest BCUT2D eigenvalue weighted by Gasteiger charge is 2.35. The zero-order valence-corrected chi connectivity index (χ0v) is 9.29. The van der Waals surface area contributed by atoms with E-state index in [1.165, 1.54) is 6.20 Å². The number of nitrogens with zero attached hydrogens (tertiary/aromatic N) is 1. The summed E-state index contributed by atoms with van der Waals surface area (Å²) in [6, 6.07) is 0. The molecule has 1 aromatic rings. The maximum absolute atomic E-state index is 11.6. The third-order valence-electron chi connectivity index (χ3n) is 2.79. The monoisotopic (exact) mass is 242 g/mol. The lowest BCUT2D eigenvalue weighted by atomic mass is 10.2. The molecule has 0 amide bonds. The van der Waals surface area contributed by atoms with Crippen LogP contribution in [0.2, 0.25) is 0 Å². The van der Waals surface area contributed by atoms with E-state index in [2.05, 4.69) is 4.98 Å². The molecule has 94 valence electrons. The number of H-pyrrole nitrogens is 1. The number of hydrogen-bond donors (Lipinski definition) is 3. The average Bonchev–Trinajstić information content (AvgIpc) is 2.65. The first-order valence-electron chi connectivity index (χ1n) is 5.29. The lowest BCUT2D eigenvalue weighted by Crippen LogP contribution is -2.36. The molecule has 1 aromatic heterocycles. The average molecular weight is 242 g/mol. The number of aliphatic hydroxyl groups excluding tert-OH is 2. The minimum atomic E-state index is -0.879. The molecule has 1 aliphatic heterocycles. The molecule has 3 N–H and O–H groups in total. The summed E-state index contributed by atoms with van der Waals surface area (Å²) in [5.74, 6) is 0. The van der Waals surface area contributed by atoms with Gasteiger partial charge in [0.15, 0.2) is 6.23 Å². The van der Waals surface area contributed by atoms with Crippen molar-refractivity contribution in [3.63, 3.8) is 0 Å². The molecule has 1 aliphatic rings. The summed E-state index contributed by atoms with van der Waals surface area (Å²) in [5, 5.41) is 18.7. The fraction of sp³-hybridized carbons (Fsp3) is 0.600. The first-order chi connectivity index (χ1) is 8.02. The number of aromatic nitrogens is 2. The van der Waals surface area contributed by atoms with Gasteiger partial charge >= 0.3 is 5.69 Å². The van der Waals surface area contributed by atoms with Gasteiger partial charge in [-0.3, -0.25) is 14.3 Å². The van der Waals surface area contributed by atoms with Crippen molar-refractivity contribution in [2.24, 2.45) is 0 Å². The van der Waals surface area contributed by atoms with Crippen LogP contribution in [0.5, 0.6) is 0 Å². The Morgan fingerprint density at radius 3 is 2.88 bits per heavy atom. The summed E-state index contributed by atoms with van der Waals surface area (Å²) in [6.07, 6.45) is -0.639. The Morgan fingerprint density at radius 2 is 2.29 bits per heavy atom. The SMILES string of the molecule is Cc1cn(C2O[C@H](CO)C[C@H]2O)c(=O)[nH]c1=O. The van der Waals surface area contributed by atoms with Crippen LogP contribution in [0.1, 0.15) is 18.2 Å². The number of aryl methyl sites for hydroxylation is 1. The van der Waals surface area contributed by atoms with Gasteiger partial charge in [0.1, 0.15) is 6.10 Å². The van der Waals surface area contributed by atoms with Gasteiger partial charge in [-0.2, -0.15) is 0 Å². The Labute approximate surface area is 96.3 Å². The second-order valence-corrected chi connectivity index (χ2v) is 4.11. The first kappa shape index (κ1) is 12.0. The second kappa shape index (κ2) is 4.44. The minimum absolute atomic E-state index is 0.218. The van der Waals surface area contributed by atoms with Crippen LogP contribution in [0, 0.1) is 6.92 Å². The maximum Gasteiger partial charge on any atom is 0.330 e. The highest BCUT2D eigenvalue weighted by atomic mass is 16.5. The van der Waals surface area contributed by atoms with Crippen molar-refractivity contribution >= 4 is 0 Å². The van der Waals surface area contributed by atoms with Crippen molar-refractivity contribution in [1.82, 2.24) is 9.55 Å². The lowest BCUT2D eigenvalue weighted by Gasteiger charge is -2.17. The minimum Gasteiger partial charge on any atom is -0.394 e. The Kier molecular flexibility index (Phi) is 3.14. The molecule has 1 saturated heterocycles. The normalized spacial score (nSPS) is 28.5. The van der Waals surface area contributed by atoms with Crippen LogP contribution in [0.25, 0.3) is 0 Å². The molecule has 0 aromatic carbocycles. The van der Waals surface area contributed by atoms with Crippen LogP contribution in [-0.2, 0) is 4.74 Å². The number of aromatic amines is 1. The molecular formula is C10H14N2O5. The number of ether oxygens (including phenoxy) is 1. The predicted octanol–water partition coefficient (Wildman–Crippen LogP) is -1.51. The van der Waals surface area contributed by atoms with E-state index < -0.39 is 29.7 Å². The van der Waals surface area contributed by atoms with E-state index in [0.717, 1.165) is 4.57 Å². The van der Waals surface area contributed by atoms with Crippen molar-refractivity contribution in [2.45, 2.75) is 31.8 Å². The first-order valence-corrected chi connectivity index (χ1v) is 5.29. The Morgan fingerprint density at radius 1 is 1.59 bits per heavy atom. The fourth-order valence-corrected chi connectivity index (χ4v) is 1.87. The van der Waals surface area contributed by atoms with E-state index in [0.29, 0.717) is 5.56 Å². The number of hydrogen-bond acceptors (Lipinski definition) is 5. The van der Waals surface area contributed by atoms with Gasteiger partial charge in [0.05, 0.1) is 12.7 Å². The lowest BCUT2D eigenvalue weighted by molar-refractivity contribution is -0.0531. The molecule has 7 heteroatoms. The molecule has 2 rings (SSSR count). The van der Waals surface area contributed by atoms with E-state index in [9.17, 15) is 14.7 Å². The van der Waals surface area contributed by atoms with E-state index in [1.54, 1.807) is 6.92 Å². The molecule has 0 spiro atoms. The molecule has 0 aliphatic carbocycles. The molecule has 1 fully saturated rings. The summed E-state index contributed by atoms with van der Waals surface area (Å²) in [5.41, 5.74) is -0.742. The molecule has 7 nitrogen and oxygen atoms in total. The molecule has 1 unspecified atom stereocenters. The van der Waals surface area contributed by atoms with Crippen molar-refractivity contribution in [3.8, 4) is 0 Å². The fourth-order valence-electron chi connectivity index (χ4n) is 1.87. The van der Waals surface area contributed by atoms with Gasteiger partial charge in [0.2, 0.25) is 0 Å². The van der Waals surface area contributed by atoms with E-state index in [4.69, 9.17) is 9.84 Å². The van der Waals surface area contributed by atoms with E-state index >= 15 is 0 Å². The van der Waals surface area contributed by atoms with Crippen LogP contribution in [0.15, 0.2) is 15.8 Å². The molecule has 2 heterocycles. The summed E-state index contributed by atoms with van der Waals surface area (Å²) in [6.45, 7) is 1.34. The van der Waals surface area contributed by atoms with Crippen molar-refractivity contribution in [2.75, 3.05) is 6.61 Å². The van der Waals surface area contributed by atoms with Gasteiger partial charge in [0, 0.05) is 18.2 Å². The molecule has 17 heavy (non-hydrogen) atoms. The zero-order valence-electron chi connectivity index (χ0n) is 9.29. The summed E-state index contributed by atoms with van der Waals surface area (Å²) in [7, 11) is 0. The van der Waals surface area contributed by atoms with Gasteiger partial charge < -0.3 is 14.9 Å². The number of nitrogens with one attached hydrogen (secondary N) is 1. The topological polar surface area (TPSA) is 105 Å². The van der Waals surface area contributed by atoms with Gasteiger partial charge in [-0.15, -0.1) is 0 Å². The smallest absolute Gasteiger partial charge is 0.330 e. The van der Waals surface area contributed by atoms with Gasteiger partial charge in [-0.25, -0.2) is 4.79 Å². The van der Waals surface area contributed by atoms with Crippen LogP contribution < -0.4 is 11.2 Å². The van der Waals surface area contributed by atoms with Gasteiger partial charge in [0.25, 0.3) is 5.56 Å². The number of rotatable bonds is 2. The Hall–Kier alpha value is -1.44. The van der Waals surface area contributed by atoms with Gasteiger partial charge in [-0.05, 0) is 6.92 Å². The van der Waals surface area contributed by atoms with Crippen LogP contribution in [0.4, 0.5) is 0 Å². The van der Waals surface area contributed by atoms with E-state index in [1.807, 2.05) is 0 Å². The molecule has 0 radical (unpaired) electrons. The summed E-state index contributed by atoms with van der Waals surface area (Å²) < 4.78 is 6.46. The highest BCUT2D eigenvalue weighted by molar-refractivity contribution is 5.02. The number of aliphatic hydroxyl groups is 2. The molecule has 0 bridgehead atoms. The molecular weight excluding hydrogens is 228 g/mol. The van der Waals surface area contributed by atoms with Gasteiger partial charge in [-0.1, -0.05) is 0 Å². The quantitative estimate of drug-likeness (QED) is 0.584. The van der Waals surface area contributed by atoms with Crippen molar-refractivity contribution < 1.29 is 14.9 Å². The molecule has 0 saturated carbocycles. The standard InChI is InChI=1S/C10H14N2O5/c1-5-3-12(10(16)11-8(5)15)9-7(14)2-6(4-13)17-9/h3,6-7,9,13-14H,2,4H2,1H3,(H,11,15,16)/t6-,7+,9?/m0/s1. The highest BCUT2D eigenvalue weighted by Crippen LogP contribution is 2.27. The third-order valence-corrected chi connectivity index (χ3v) is 2.79. The predicted molar refractivity (Wildman–Crippen MR) is 57.7 cm³/mol. The summed E-state index contributed by atoms with van der Waals surface area (Å²) >= 11 is 0. The largest absolute Gasteiger partial charge is 0.394 e. The van der Waals surface area contributed by atoms with E-state index in [-0.39, 0.29) is 13.0 Å². The Bertz CT molecular complexity index is 520. The van der Waals surface area contributed by atoms with Crippen molar-refractivity contribution in [3.05, 3.63) is 32.6 Å². The molecule has 3 atom stereocenters. The van der Waals surface area contributed by atoms with Crippen molar-refractivity contribution in [1.29, 1.82) is 0 Å². The van der Waals surface area contributed by atoms with Crippen LogP contribution in [0.3, 0.4) is 0 Å². The second-order valence-electron chi connectivity index (χ2n) is 4.11. The van der Waals surface area contributed by atoms with Crippen LogP contribution >= 0.6 is 0 Å². The maximum atomic E-state index is 11.6. The summed E-state index contributed by atoms with van der Waals surface area (Å²) in [4.78, 5) is 24.9. The third kappa shape index (κ3) is 2.17.